The molecule has 0 fully saturated rings. The molecular weight excluding hydrogens is 537 g/mol. The van der Waals surface area contributed by atoms with Crippen LogP contribution in [0.1, 0.15) is 16.0 Å². The summed E-state index contributed by atoms with van der Waals surface area (Å²) in [6.45, 7) is 0. The van der Waals surface area contributed by atoms with Gasteiger partial charge in [0.1, 0.15) is 11.6 Å². The normalized spacial score (nSPS) is 11.2. The fourth-order valence-electron chi connectivity index (χ4n) is 3.79. The third-order valence-electron chi connectivity index (χ3n) is 5.63. The van der Waals surface area contributed by atoms with Crippen LogP contribution < -0.4 is 5.32 Å². The Morgan fingerprint density at radius 1 is 1.05 bits per heavy atom. The minimum Gasteiger partial charge on any atom is -0.297 e. The van der Waals surface area contributed by atoms with Crippen molar-refractivity contribution in [3.63, 3.8) is 0 Å². The molecule has 0 spiro atoms. The summed E-state index contributed by atoms with van der Waals surface area (Å²) >= 11 is 13.6. The third-order valence-corrected chi connectivity index (χ3v) is 7.13. The zero-order valence-corrected chi connectivity index (χ0v) is 22.1. The lowest BCUT2D eigenvalue weighted by molar-refractivity contribution is -0.112. The number of thiazole rings is 1. The van der Waals surface area contributed by atoms with Crippen LogP contribution in [0.2, 0.25) is 10.0 Å². The molecule has 2 aromatic heterocycles. The van der Waals surface area contributed by atoms with Crippen LogP contribution in [0.25, 0.3) is 23.0 Å². The molecule has 0 aliphatic heterocycles. The zero-order chi connectivity index (χ0) is 26.5. The van der Waals surface area contributed by atoms with Crippen molar-refractivity contribution >= 4 is 51.7 Å². The van der Waals surface area contributed by atoms with E-state index >= 15 is 0 Å². The van der Waals surface area contributed by atoms with Crippen molar-refractivity contribution < 1.29 is 4.79 Å². The van der Waals surface area contributed by atoms with Crippen LogP contribution >= 0.6 is 34.5 Å². The van der Waals surface area contributed by atoms with Crippen LogP contribution in [0.4, 0.5) is 5.13 Å². The van der Waals surface area contributed by atoms with E-state index in [2.05, 4.69) is 10.3 Å². The number of aromatic nitrogens is 3. The molecule has 6 nitrogen and oxygen atoms in total. The van der Waals surface area contributed by atoms with E-state index in [0.29, 0.717) is 32.9 Å². The van der Waals surface area contributed by atoms with Gasteiger partial charge in [-0.05, 0) is 35.9 Å². The Balaban J connectivity index is 1.40. The summed E-state index contributed by atoms with van der Waals surface area (Å²) in [5.41, 5.74) is 3.88. The van der Waals surface area contributed by atoms with Gasteiger partial charge in [0, 0.05) is 44.9 Å². The lowest BCUT2D eigenvalue weighted by atomic mass is 10.1. The highest BCUT2D eigenvalue weighted by atomic mass is 35.5. The molecule has 0 radical (unpaired) electrons. The Kier molecular flexibility index (Phi) is 7.66. The van der Waals surface area contributed by atoms with Crippen LogP contribution in [0.3, 0.4) is 0 Å². The number of hydrogen-bond donors (Lipinski definition) is 1. The number of amides is 1. The van der Waals surface area contributed by atoms with Crippen molar-refractivity contribution in [2.24, 2.45) is 0 Å². The number of benzene rings is 3. The number of nitrogens with one attached hydrogen (secondary N) is 1. The highest BCUT2D eigenvalue weighted by Crippen LogP contribution is 2.28. The second-order valence-corrected chi connectivity index (χ2v) is 10.2. The van der Waals surface area contributed by atoms with Crippen molar-refractivity contribution in [1.29, 1.82) is 5.26 Å². The van der Waals surface area contributed by atoms with Crippen molar-refractivity contribution in [1.82, 2.24) is 14.8 Å². The number of nitrogens with zero attached hydrogens (tertiary/aromatic N) is 4. The highest BCUT2D eigenvalue weighted by molar-refractivity contribution is 7.15. The topological polar surface area (TPSA) is 83.6 Å². The molecule has 2 heterocycles. The monoisotopic (exact) mass is 555 g/mol. The SMILES string of the molecule is N#CC(=Cc1cn(-c2ccccc2)nc1-c1ccccc1)C(=O)Nc1ncc(Cc2ccc(Cl)cc2Cl)s1. The van der Waals surface area contributed by atoms with E-state index in [1.54, 1.807) is 35.3 Å². The van der Waals surface area contributed by atoms with Gasteiger partial charge in [0.15, 0.2) is 5.13 Å². The Bertz CT molecular complexity index is 1670. The molecular formula is C29H19Cl2N5OS. The van der Waals surface area contributed by atoms with Crippen LogP contribution in [0.5, 0.6) is 0 Å². The first kappa shape index (κ1) is 25.4. The molecule has 1 amide bonds. The molecule has 3 aromatic carbocycles. The summed E-state index contributed by atoms with van der Waals surface area (Å²) in [5, 5.41) is 18.8. The van der Waals surface area contributed by atoms with Crippen LogP contribution in [0.15, 0.2) is 96.8 Å². The van der Waals surface area contributed by atoms with E-state index in [-0.39, 0.29) is 5.57 Å². The highest BCUT2D eigenvalue weighted by Gasteiger charge is 2.16. The first-order valence-corrected chi connectivity index (χ1v) is 13.1. The van der Waals surface area contributed by atoms with Gasteiger partial charge < -0.3 is 0 Å². The van der Waals surface area contributed by atoms with Gasteiger partial charge in [-0.1, -0.05) is 77.8 Å². The molecule has 0 atom stereocenters. The quantitative estimate of drug-likeness (QED) is 0.167. The van der Waals surface area contributed by atoms with Gasteiger partial charge in [-0.2, -0.15) is 10.4 Å². The summed E-state index contributed by atoms with van der Waals surface area (Å²) < 4.78 is 1.73. The van der Waals surface area contributed by atoms with Gasteiger partial charge in [-0.25, -0.2) is 9.67 Å². The zero-order valence-electron chi connectivity index (χ0n) is 19.8. The Morgan fingerprint density at radius 2 is 1.79 bits per heavy atom. The Labute approximate surface area is 233 Å². The summed E-state index contributed by atoms with van der Waals surface area (Å²) in [6, 6.07) is 26.6. The van der Waals surface area contributed by atoms with Crippen molar-refractivity contribution in [3.05, 3.63) is 123 Å². The maximum Gasteiger partial charge on any atom is 0.268 e. The second-order valence-electron chi connectivity index (χ2n) is 8.25. The van der Waals surface area contributed by atoms with Crippen molar-refractivity contribution in [3.8, 4) is 23.0 Å². The molecule has 0 saturated carbocycles. The number of hydrogen-bond acceptors (Lipinski definition) is 5. The van der Waals surface area contributed by atoms with E-state index in [4.69, 9.17) is 28.3 Å². The molecule has 0 aliphatic rings. The Morgan fingerprint density at radius 3 is 2.50 bits per heavy atom. The fourth-order valence-corrected chi connectivity index (χ4v) is 5.10. The van der Waals surface area contributed by atoms with Gasteiger partial charge in [-0.15, -0.1) is 11.3 Å². The number of anilines is 1. The minimum absolute atomic E-state index is 0.0627. The molecule has 1 N–H and O–H groups in total. The summed E-state index contributed by atoms with van der Waals surface area (Å²) in [4.78, 5) is 18.2. The first-order valence-electron chi connectivity index (χ1n) is 11.5. The molecule has 186 valence electrons. The van der Waals surface area contributed by atoms with E-state index in [0.717, 1.165) is 21.7 Å². The number of carbonyl (C=O) groups excluding carboxylic acids is 1. The predicted octanol–water partition coefficient (Wildman–Crippen LogP) is 7.44. The van der Waals surface area contributed by atoms with Crippen LogP contribution in [-0.2, 0) is 11.2 Å². The fraction of sp³-hybridized carbons (Fsp3) is 0.0345. The molecule has 5 rings (SSSR count). The number of rotatable bonds is 7. The molecule has 0 bridgehead atoms. The van der Waals surface area contributed by atoms with Gasteiger partial charge in [0.05, 0.1) is 11.4 Å². The summed E-state index contributed by atoms with van der Waals surface area (Å²) in [5.74, 6) is -0.551. The number of halogens is 2. The van der Waals surface area contributed by atoms with E-state index < -0.39 is 5.91 Å². The van der Waals surface area contributed by atoms with Gasteiger partial charge >= 0.3 is 0 Å². The summed E-state index contributed by atoms with van der Waals surface area (Å²) in [7, 11) is 0. The molecule has 0 saturated heterocycles. The average Bonchev–Trinajstić information content (AvgIpc) is 3.56. The third kappa shape index (κ3) is 5.84. The smallest absolute Gasteiger partial charge is 0.268 e. The molecule has 5 aromatic rings. The van der Waals surface area contributed by atoms with E-state index in [1.165, 1.54) is 11.3 Å². The second kappa shape index (κ2) is 11.4. The van der Waals surface area contributed by atoms with Crippen LogP contribution in [-0.4, -0.2) is 20.7 Å². The largest absolute Gasteiger partial charge is 0.297 e. The van der Waals surface area contributed by atoms with Crippen molar-refractivity contribution in [2.45, 2.75) is 6.42 Å². The molecule has 9 heteroatoms. The molecule has 0 aliphatic carbocycles. The first-order chi connectivity index (χ1) is 18.5. The van der Waals surface area contributed by atoms with Crippen molar-refractivity contribution in [2.75, 3.05) is 5.32 Å². The lowest BCUT2D eigenvalue weighted by Gasteiger charge is -2.03. The van der Waals surface area contributed by atoms with Gasteiger partial charge in [0.2, 0.25) is 0 Å². The Hall–Kier alpha value is -4.22. The van der Waals surface area contributed by atoms with Crippen LogP contribution in [0, 0.1) is 11.3 Å². The number of para-hydroxylation sites is 1. The standard InChI is InChI=1S/C29H19Cl2N5OS/c30-23-12-11-20(26(31)15-23)14-25-17-33-29(38-25)34-28(37)21(16-32)13-22-18-36(24-9-5-2-6-10-24)35-27(22)19-7-3-1-4-8-19/h1-13,15,17-18H,14H2,(H,33,34,37). The molecule has 0 unspecified atom stereocenters. The van der Waals surface area contributed by atoms with Gasteiger partial charge in [0.25, 0.3) is 5.91 Å². The van der Waals surface area contributed by atoms with E-state index in [1.807, 2.05) is 72.8 Å². The maximum atomic E-state index is 13.0. The maximum absolute atomic E-state index is 13.0. The molecule has 38 heavy (non-hydrogen) atoms. The predicted molar refractivity (Wildman–Crippen MR) is 153 cm³/mol. The number of carbonyl (C=O) groups is 1. The van der Waals surface area contributed by atoms with Gasteiger partial charge in [-0.3, -0.25) is 10.1 Å². The lowest BCUT2D eigenvalue weighted by Crippen LogP contribution is -2.13. The summed E-state index contributed by atoms with van der Waals surface area (Å²) in [6.07, 6.45) is 5.58. The van der Waals surface area contributed by atoms with E-state index in [9.17, 15) is 10.1 Å². The average molecular weight is 556 g/mol. The number of nitriles is 1. The minimum atomic E-state index is -0.551.